The lowest BCUT2D eigenvalue weighted by molar-refractivity contribution is 0.426. The first kappa shape index (κ1) is 11.9. The molecule has 1 saturated heterocycles. The van der Waals surface area contributed by atoms with Crippen molar-refractivity contribution in [3.8, 4) is 0 Å². The first-order chi connectivity index (χ1) is 6.64. The van der Waals surface area contributed by atoms with Crippen LogP contribution in [0.5, 0.6) is 0 Å². The zero-order valence-electron chi connectivity index (χ0n) is 8.54. The van der Waals surface area contributed by atoms with Crippen molar-refractivity contribution in [2.75, 3.05) is 19.6 Å². The van der Waals surface area contributed by atoms with Gasteiger partial charge in [-0.2, -0.15) is 13.1 Å². The van der Waals surface area contributed by atoms with E-state index in [1.165, 1.54) is 0 Å². The van der Waals surface area contributed by atoms with Gasteiger partial charge >= 0.3 is 0 Å². The molecule has 0 spiro atoms. The predicted molar refractivity (Wildman–Crippen MR) is 56.2 cm³/mol. The first-order valence-electron chi connectivity index (χ1n) is 5.11. The minimum Gasteiger partial charge on any atom is -0.315 e. The molecule has 0 aromatic carbocycles. The van der Waals surface area contributed by atoms with Gasteiger partial charge < -0.3 is 5.32 Å². The van der Waals surface area contributed by atoms with E-state index in [1.807, 2.05) is 6.92 Å². The Hall–Kier alpha value is -0.170. The highest BCUT2D eigenvalue weighted by molar-refractivity contribution is 7.87. The van der Waals surface area contributed by atoms with Gasteiger partial charge in [-0.25, -0.2) is 4.72 Å². The van der Waals surface area contributed by atoms with E-state index in [-0.39, 0.29) is 6.04 Å². The summed E-state index contributed by atoms with van der Waals surface area (Å²) in [6.45, 7) is 4.15. The van der Waals surface area contributed by atoms with E-state index in [9.17, 15) is 8.42 Å². The second kappa shape index (κ2) is 5.65. The van der Waals surface area contributed by atoms with Crippen LogP contribution in [0.15, 0.2) is 0 Å². The maximum Gasteiger partial charge on any atom is 0.277 e. The molecule has 1 aliphatic rings. The fourth-order valence-corrected chi connectivity index (χ4v) is 2.65. The maximum absolute atomic E-state index is 11.4. The van der Waals surface area contributed by atoms with Crippen LogP contribution in [0.2, 0.25) is 0 Å². The third-order valence-electron chi connectivity index (χ3n) is 2.16. The molecule has 5 nitrogen and oxygen atoms in total. The van der Waals surface area contributed by atoms with Crippen molar-refractivity contribution >= 4 is 10.2 Å². The zero-order valence-corrected chi connectivity index (χ0v) is 9.36. The molecule has 84 valence electrons. The lowest BCUT2D eigenvalue weighted by atomic mass is 10.1. The van der Waals surface area contributed by atoms with Crippen molar-refractivity contribution in [1.29, 1.82) is 0 Å². The van der Waals surface area contributed by atoms with Crippen LogP contribution in [0, 0.1) is 0 Å². The molecule has 1 heterocycles. The van der Waals surface area contributed by atoms with Gasteiger partial charge in [0.1, 0.15) is 0 Å². The molecule has 0 aromatic heterocycles. The summed E-state index contributed by atoms with van der Waals surface area (Å²) in [6.07, 6.45) is 2.75. The van der Waals surface area contributed by atoms with Crippen LogP contribution < -0.4 is 14.8 Å². The molecule has 0 amide bonds. The highest BCUT2D eigenvalue weighted by Crippen LogP contribution is 2.01. The standard InChI is InChI=1S/C8H19N3O2S/c1-2-5-10-14(12,13)11-8-4-3-6-9-7-8/h8-11H,2-7H2,1H3/t8-/m1/s1. The lowest BCUT2D eigenvalue weighted by Crippen LogP contribution is -2.49. The van der Waals surface area contributed by atoms with Crippen LogP contribution in [-0.4, -0.2) is 34.1 Å². The van der Waals surface area contributed by atoms with Crippen LogP contribution in [0.25, 0.3) is 0 Å². The number of hydrogen-bond acceptors (Lipinski definition) is 3. The van der Waals surface area contributed by atoms with Crippen molar-refractivity contribution in [2.45, 2.75) is 32.2 Å². The highest BCUT2D eigenvalue weighted by atomic mass is 32.2. The SMILES string of the molecule is CCCNS(=O)(=O)N[C@@H]1CCCNC1. The van der Waals surface area contributed by atoms with Crippen molar-refractivity contribution in [3.05, 3.63) is 0 Å². The van der Waals surface area contributed by atoms with Gasteiger partial charge in [0, 0.05) is 19.1 Å². The van der Waals surface area contributed by atoms with Gasteiger partial charge in [0.2, 0.25) is 0 Å². The normalized spacial score (nSPS) is 23.6. The summed E-state index contributed by atoms with van der Waals surface area (Å²) in [5.41, 5.74) is 0. The summed E-state index contributed by atoms with van der Waals surface area (Å²) in [5.74, 6) is 0. The molecule has 6 heteroatoms. The Bertz CT molecular complexity index is 247. The predicted octanol–water partition coefficient (Wildman–Crippen LogP) is -0.428. The smallest absolute Gasteiger partial charge is 0.277 e. The molecule has 0 aromatic rings. The fourth-order valence-electron chi connectivity index (χ4n) is 1.45. The summed E-state index contributed by atoms with van der Waals surface area (Å²) < 4.78 is 27.9. The van der Waals surface area contributed by atoms with Crippen LogP contribution >= 0.6 is 0 Å². The second-order valence-corrected chi connectivity index (χ2v) is 5.09. The average molecular weight is 221 g/mol. The second-order valence-electron chi connectivity index (χ2n) is 3.56. The van der Waals surface area contributed by atoms with Gasteiger partial charge in [-0.1, -0.05) is 6.92 Å². The summed E-state index contributed by atoms with van der Waals surface area (Å²) in [6, 6.07) is 0.0399. The third kappa shape index (κ3) is 4.36. The highest BCUT2D eigenvalue weighted by Gasteiger charge is 2.18. The van der Waals surface area contributed by atoms with Gasteiger partial charge in [-0.05, 0) is 25.8 Å². The van der Waals surface area contributed by atoms with Crippen LogP contribution in [0.4, 0.5) is 0 Å². The Kier molecular flexibility index (Phi) is 4.80. The van der Waals surface area contributed by atoms with Crippen molar-refractivity contribution in [1.82, 2.24) is 14.8 Å². The number of hydrogen-bond donors (Lipinski definition) is 3. The van der Waals surface area contributed by atoms with E-state index >= 15 is 0 Å². The van der Waals surface area contributed by atoms with Crippen molar-refractivity contribution in [2.24, 2.45) is 0 Å². The third-order valence-corrected chi connectivity index (χ3v) is 3.39. The molecule has 0 aliphatic carbocycles. The number of rotatable bonds is 5. The summed E-state index contributed by atoms with van der Waals surface area (Å²) >= 11 is 0. The minimum atomic E-state index is -3.28. The molecule has 1 atom stereocenters. The fraction of sp³-hybridized carbons (Fsp3) is 1.00. The molecule has 3 N–H and O–H groups in total. The quantitative estimate of drug-likeness (QED) is 0.590. The van der Waals surface area contributed by atoms with E-state index in [4.69, 9.17) is 0 Å². The van der Waals surface area contributed by atoms with E-state index in [2.05, 4.69) is 14.8 Å². The summed E-state index contributed by atoms with van der Waals surface area (Å²) in [4.78, 5) is 0. The molecule has 1 fully saturated rings. The van der Waals surface area contributed by atoms with Crippen LogP contribution in [-0.2, 0) is 10.2 Å². The van der Waals surface area contributed by atoms with Gasteiger partial charge in [0.25, 0.3) is 10.2 Å². The Morgan fingerprint density at radius 1 is 1.50 bits per heavy atom. The summed E-state index contributed by atoms with van der Waals surface area (Å²) in [5, 5.41) is 3.16. The molecule has 0 bridgehead atoms. The van der Waals surface area contributed by atoms with E-state index in [0.717, 1.165) is 32.4 Å². The Labute approximate surface area is 85.8 Å². The number of piperidine rings is 1. The monoisotopic (exact) mass is 221 g/mol. The van der Waals surface area contributed by atoms with Gasteiger partial charge in [0.05, 0.1) is 0 Å². The molecule has 0 radical (unpaired) electrons. The molecular weight excluding hydrogens is 202 g/mol. The Morgan fingerprint density at radius 2 is 2.29 bits per heavy atom. The van der Waals surface area contributed by atoms with E-state index in [1.54, 1.807) is 0 Å². The largest absolute Gasteiger partial charge is 0.315 e. The molecule has 1 aliphatic heterocycles. The van der Waals surface area contributed by atoms with Crippen molar-refractivity contribution < 1.29 is 8.42 Å². The molecule has 0 unspecified atom stereocenters. The minimum absolute atomic E-state index is 0.0399. The first-order valence-corrected chi connectivity index (χ1v) is 6.60. The van der Waals surface area contributed by atoms with Crippen LogP contribution in [0.1, 0.15) is 26.2 Å². The van der Waals surface area contributed by atoms with E-state index < -0.39 is 10.2 Å². The van der Waals surface area contributed by atoms with E-state index in [0.29, 0.717) is 6.54 Å². The lowest BCUT2D eigenvalue weighted by Gasteiger charge is -2.23. The zero-order chi connectivity index (χ0) is 10.4. The Balaban J connectivity index is 2.33. The van der Waals surface area contributed by atoms with Gasteiger partial charge in [-0.3, -0.25) is 0 Å². The number of nitrogens with one attached hydrogen (secondary N) is 3. The molecule has 1 rings (SSSR count). The Morgan fingerprint density at radius 3 is 2.86 bits per heavy atom. The molecular formula is C8H19N3O2S. The van der Waals surface area contributed by atoms with Crippen LogP contribution in [0.3, 0.4) is 0 Å². The van der Waals surface area contributed by atoms with Gasteiger partial charge in [-0.15, -0.1) is 0 Å². The van der Waals surface area contributed by atoms with Crippen molar-refractivity contribution in [3.63, 3.8) is 0 Å². The average Bonchev–Trinajstić information content (AvgIpc) is 2.16. The van der Waals surface area contributed by atoms with Gasteiger partial charge in [0.15, 0.2) is 0 Å². The maximum atomic E-state index is 11.4. The molecule has 14 heavy (non-hydrogen) atoms. The topological polar surface area (TPSA) is 70.2 Å². The summed E-state index contributed by atoms with van der Waals surface area (Å²) in [7, 11) is -3.28. The molecule has 0 saturated carbocycles.